The first-order valence-corrected chi connectivity index (χ1v) is 10.7. The minimum Gasteiger partial charge on any atom is -0.497 e. The van der Waals surface area contributed by atoms with Crippen molar-refractivity contribution in [2.24, 2.45) is 5.92 Å². The van der Waals surface area contributed by atoms with Crippen molar-refractivity contribution in [2.75, 3.05) is 37.0 Å². The average molecular weight is 402 g/mol. The maximum atomic E-state index is 5.38. The van der Waals surface area contributed by atoms with Crippen LogP contribution in [0.5, 0.6) is 5.75 Å². The summed E-state index contributed by atoms with van der Waals surface area (Å²) in [4.78, 5) is 16.4. The van der Waals surface area contributed by atoms with Crippen LogP contribution in [0, 0.1) is 5.92 Å². The van der Waals surface area contributed by atoms with Crippen LogP contribution in [0.2, 0.25) is 0 Å². The Labute approximate surface area is 177 Å². The van der Waals surface area contributed by atoms with Crippen LogP contribution in [-0.2, 0) is 12.8 Å². The van der Waals surface area contributed by atoms with Crippen LogP contribution < -0.4 is 15.0 Å². The predicted octanol–water partition coefficient (Wildman–Crippen LogP) is 3.97. The monoisotopic (exact) mass is 401 g/mol. The number of methoxy groups -OCH3 is 1. The molecular formula is C24H27N5O. The third kappa shape index (κ3) is 3.82. The number of hydrogen-bond donors (Lipinski definition) is 1. The van der Waals surface area contributed by atoms with Crippen molar-refractivity contribution in [3.63, 3.8) is 0 Å². The van der Waals surface area contributed by atoms with E-state index in [2.05, 4.69) is 33.4 Å². The Balaban J connectivity index is 1.29. The molecule has 5 rings (SSSR count). The van der Waals surface area contributed by atoms with Gasteiger partial charge in [-0.25, -0.2) is 9.97 Å². The van der Waals surface area contributed by atoms with E-state index < -0.39 is 0 Å². The first kappa shape index (κ1) is 18.9. The standard InChI is InChI=1S/C24H27N5O/c1-30-20-7-2-6-19(13-20)29-12-10-17(16-29)14-26-24-21-8-3-9-22(21)27-23(28-24)18-5-4-11-25-15-18/h2,4-7,11,13,15,17H,3,8-10,12,14,16H2,1H3,(H,26,27,28)/t17-/m1/s1. The number of rotatable bonds is 6. The zero-order chi connectivity index (χ0) is 20.3. The van der Waals surface area contributed by atoms with Crippen LogP contribution in [0.1, 0.15) is 24.1 Å². The number of anilines is 2. The van der Waals surface area contributed by atoms with Gasteiger partial charge < -0.3 is 15.0 Å². The Morgan fingerprint density at radius 3 is 3.00 bits per heavy atom. The Kier molecular flexibility index (Phi) is 5.22. The predicted molar refractivity (Wildman–Crippen MR) is 119 cm³/mol. The van der Waals surface area contributed by atoms with E-state index in [0.717, 1.165) is 61.9 Å². The zero-order valence-electron chi connectivity index (χ0n) is 17.3. The van der Waals surface area contributed by atoms with Gasteiger partial charge in [-0.1, -0.05) is 6.07 Å². The van der Waals surface area contributed by atoms with E-state index in [4.69, 9.17) is 14.7 Å². The van der Waals surface area contributed by atoms with Crippen LogP contribution in [0.15, 0.2) is 48.8 Å². The third-order valence-corrected chi connectivity index (χ3v) is 6.12. The van der Waals surface area contributed by atoms with E-state index in [0.29, 0.717) is 5.92 Å². The molecule has 154 valence electrons. The fraction of sp³-hybridized carbons (Fsp3) is 0.375. The molecule has 1 fully saturated rings. The van der Waals surface area contributed by atoms with Crippen molar-refractivity contribution in [3.05, 3.63) is 60.0 Å². The minimum absolute atomic E-state index is 0.588. The second-order valence-electron chi connectivity index (χ2n) is 8.10. The van der Waals surface area contributed by atoms with Crippen molar-refractivity contribution in [1.29, 1.82) is 0 Å². The van der Waals surface area contributed by atoms with Gasteiger partial charge in [-0.15, -0.1) is 0 Å². The highest BCUT2D eigenvalue weighted by atomic mass is 16.5. The smallest absolute Gasteiger partial charge is 0.163 e. The molecular weight excluding hydrogens is 374 g/mol. The largest absolute Gasteiger partial charge is 0.497 e. The summed E-state index contributed by atoms with van der Waals surface area (Å²) < 4.78 is 5.38. The molecule has 1 N–H and O–H groups in total. The maximum absolute atomic E-state index is 5.38. The van der Waals surface area contributed by atoms with Crippen molar-refractivity contribution in [3.8, 4) is 17.1 Å². The molecule has 0 unspecified atom stereocenters. The number of pyridine rings is 1. The molecule has 30 heavy (non-hydrogen) atoms. The van der Waals surface area contributed by atoms with E-state index in [1.54, 1.807) is 13.3 Å². The highest BCUT2D eigenvalue weighted by molar-refractivity contribution is 5.60. The normalized spacial score (nSPS) is 17.8. The van der Waals surface area contributed by atoms with E-state index >= 15 is 0 Å². The van der Waals surface area contributed by atoms with E-state index in [9.17, 15) is 0 Å². The van der Waals surface area contributed by atoms with E-state index in [-0.39, 0.29) is 0 Å². The summed E-state index contributed by atoms with van der Waals surface area (Å²) in [5.74, 6) is 3.28. The molecule has 0 saturated carbocycles. The van der Waals surface area contributed by atoms with Crippen LogP contribution in [0.25, 0.3) is 11.4 Å². The van der Waals surface area contributed by atoms with Crippen LogP contribution in [0.4, 0.5) is 11.5 Å². The molecule has 3 heterocycles. The molecule has 0 amide bonds. The molecule has 0 radical (unpaired) electrons. The summed E-state index contributed by atoms with van der Waals surface area (Å²) in [6, 6.07) is 12.3. The molecule has 6 nitrogen and oxygen atoms in total. The summed E-state index contributed by atoms with van der Waals surface area (Å²) >= 11 is 0. The van der Waals surface area contributed by atoms with Crippen molar-refractivity contribution in [1.82, 2.24) is 15.0 Å². The molecule has 1 aliphatic heterocycles. The third-order valence-electron chi connectivity index (χ3n) is 6.12. The number of ether oxygens (including phenoxy) is 1. The van der Waals surface area contributed by atoms with Gasteiger partial charge in [-0.05, 0) is 55.9 Å². The summed E-state index contributed by atoms with van der Waals surface area (Å²) in [6.07, 6.45) is 8.04. The highest BCUT2D eigenvalue weighted by Crippen LogP contribution is 2.31. The molecule has 3 aromatic rings. The molecule has 1 aliphatic carbocycles. The Morgan fingerprint density at radius 1 is 1.17 bits per heavy atom. The summed E-state index contributed by atoms with van der Waals surface area (Å²) in [6.45, 7) is 3.04. The summed E-state index contributed by atoms with van der Waals surface area (Å²) in [5, 5.41) is 3.67. The fourth-order valence-electron chi connectivity index (χ4n) is 4.48. The molecule has 2 aromatic heterocycles. The van der Waals surface area contributed by atoms with Gasteiger partial charge in [0.05, 0.1) is 7.11 Å². The van der Waals surface area contributed by atoms with E-state index in [1.807, 2.05) is 24.4 Å². The number of nitrogens with zero attached hydrogens (tertiary/aromatic N) is 4. The molecule has 1 aromatic carbocycles. The highest BCUT2D eigenvalue weighted by Gasteiger charge is 2.25. The van der Waals surface area contributed by atoms with Crippen LogP contribution >= 0.6 is 0 Å². The minimum atomic E-state index is 0.588. The Morgan fingerprint density at radius 2 is 2.13 bits per heavy atom. The van der Waals surface area contributed by atoms with Crippen LogP contribution in [0.3, 0.4) is 0 Å². The van der Waals surface area contributed by atoms with Gasteiger partial charge in [-0.2, -0.15) is 0 Å². The number of hydrogen-bond acceptors (Lipinski definition) is 6. The lowest BCUT2D eigenvalue weighted by Gasteiger charge is -2.20. The van der Waals surface area contributed by atoms with Gasteiger partial charge in [0.1, 0.15) is 11.6 Å². The summed E-state index contributed by atoms with van der Waals surface area (Å²) in [5.41, 5.74) is 4.69. The van der Waals surface area contributed by atoms with E-state index in [1.165, 1.54) is 23.4 Å². The number of aryl methyl sites for hydroxylation is 1. The number of fused-ring (bicyclic) bond motifs is 1. The quantitative estimate of drug-likeness (QED) is 0.674. The number of aromatic nitrogens is 3. The van der Waals surface area contributed by atoms with Crippen LogP contribution in [-0.4, -0.2) is 41.7 Å². The topological polar surface area (TPSA) is 63.2 Å². The summed E-state index contributed by atoms with van der Waals surface area (Å²) in [7, 11) is 1.72. The number of nitrogens with one attached hydrogen (secondary N) is 1. The van der Waals surface area contributed by atoms with Crippen molar-refractivity contribution in [2.45, 2.75) is 25.7 Å². The second-order valence-corrected chi connectivity index (χ2v) is 8.10. The second kappa shape index (κ2) is 8.30. The van der Waals surface area contributed by atoms with Gasteiger partial charge in [0, 0.05) is 60.6 Å². The molecule has 1 saturated heterocycles. The number of benzene rings is 1. The van der Waals surface area contributed by atoms with Gasteiger partial charge in [0.2, 0.25) is 0 Å². The van der Waals surface area contributed by atoms with Crippen molar-refractivity contribution >= 4 is 11.5 Å². The molecule has 6 heteroatoms. The lowest BCUT2D eigenvalue weighted by atomic mass is 10.1. The lowest BCUT2D eigenvalue weighted by Crippen LogP contribution is -2.23. The first-order chi connectivity index (χ1) is 14.8. The van der Waals surface area contributed by atoms with Gasteiger partial charge >= 0.3 is 0 Å². The average Bonchev–Trinajstić information content (AvgIpc) is 3.48. The SMILES string of the molecule is COc1cccc(N2CC[C@H](CNc3nc(-c4cccnc4)nc4c3CCC4)C2)c1. The molecule has 1 atom stereocenters. The molecule has 0 spiro atoms. The molecule has 2 aliphatic rings. The Hall–Kier alpha value is -3.15. The maximum Gasteiger partial charge on any atom is 0.163 e. The Bertz CT molecular complexity index is 1020. The van der Waals surface area contributed by atoms with Gasteiger partial charge in [0.15, 0.2) is 5.82 Å². The fourth-order valence-corrected chi connectivity index (χ4v) is 4.48. The zero-order valence-corrected chi connectivity index (χ0v) is 17.3. The van der Waals surface area contributed by atoms with Crippen molar-refractivity contribution < 1.29 is 4.74 Å². The molecule has 0 bridgehead atoms. The van der Waals surface area contributed by atoms with Gasteiger partial charge in [0.25, 0.3) is 0 Å². The first-order valence-electron chi connectivity index (χ1n) is 10.7. The van der Waals surface area contributed by atoms with Gasteiger partial charge in [-0.3, -0.25) is 4.98 Å². The lowest BCUT2D eigenvalue weighted by molar-refractivity contribution is 0.415.